The van der Waals surface area contributed by atoms with E-state index in [0.717, 1.165) is 14.9 Å². The van der Waals surface area contributed by atoms with Gasteiger partial charge in [0.2, 0.25) is 0 Å². The first-order chi connectivity index (χ1) is 9.47. The molecule has 2 rings (SSSR count). The number of carbonyl (C=O) groups excluding carboxylic acids is 1. The van der Waals surface area contributed by atoms with Crippen LogP contribution >= 0.6 is 27.7 Å². The van der Waals surface area contributed by atoms with Crippen LogP contribution in [0.1, 0.15) is 21.5 Å². The number of hydrogen-bond donors (Lipinski definition) is 0. The van der Waals surface area contributed by atoms with Crippen LogP contribution in [0.2, 0.25) is 0 Å². The molecule has 4 heteroatoms. The van der Waals surface area contributed by atoms with Crippen molar-refractivity contribution in [1.82, 2.24) is 0 Å². The van der Waals surface area contributed by atoms with Crippen LogP contribution < -0.4 is 0 Å². The summed E-state index contributed by atoms with van der Waals surface area (Å²) >= 11 is 4.78. The van der Waals surface area contributed by atoms with E-state index in [-0.39, 0.29) is 17.1 Å². The van der Waals surface area contributed by atoms with Crippen LogP contribution in [0.5, 0.6) is 0 Å². The summed E-state index contributed by atoms with van der Waals surface area (Å²) in [7, 11) is 0. The van der Waals surface area contributed by atoms with E-state index in [1.54, 1.807) is 6.92 Å². The lowest BCUT2D eigenvalue weighted by Crippen LogP contribution is -2.08. The SMILES string of the molecule is Cc1cc(C)c(C(=O)CSc2ccc(Br)cc2)c(F)c1. The molecule has 0 radical (unpaired) electrons. The van der Waals surface area contributed by atoms with Crippen LogP contribution in [0.3, 0.4) is 0 Å². The van der Waals surface area contributed by atoms with Gasteiger partial charge < -0.3 is 0 Å². The second kappa shape index (κ2) is 6.55. The molecular weight excluding hydrogens is 339 g/mol. The highest BCUT2D eigenvalue weighted by atomic mass is 79.9. The summed E-state index contributed by atoms with van der Waals surface area (Å²) in [5.74, 6) is -0.362. The fourth-order valence-corrected chi connectivity index (χ4v) is 3.06. The minimum atomic E-state index is -0.427. The average Bonchev–Trinajstić information content (AvgIpc) is 2.37. The van der Waals surface area contributed by atoms with Gasteiger partial charge in [-0.15, -0.1) is 11.8 Å². The first-order valence-electron chi connectivity index (χ1n) is 6.15. The third kappa shape index (κ3) is 3.70. The van der Waals surface area contributed by atoms with Crippen LogP contribution in [0.4, 0.5) is 4.39 Å². The second-order valence-electron chi connectivity index (χ2n) is 4.60. The minimum Gasteiger partial charge on any atom is -0.293 e. The molecule has 0 aliphatic heterocycles. The quantitative estimate of drug-likeness (QED) is 0.557. The standard InChI is InChI=1S/C16H14BrFOS/c1-10-7-11(2)16(14(18)8-10)15(19)9-20-13-5-3-12(17)4-6-13/h3-8H,9H2,1-2H3. The van der Waals surface area contributed by atoms with Crippen LogP contribution in [-0.4, -0.2) is 11.5 Å². The van der Waals surface area contributed by atoms with Gasteiger partial charge in [0, 0.05) is 9.37 Å². The van der Waals surface area contributed by atoms with Gasteiger partial charge in [0.15, 0.2) is 5.78 Å². The number of Topliss-reactive ketones (excluding diaryl/α,β-unsaturated/α-hetero) is 1. The fourth-order valence-electron chi connectivity index (χ4n) is 2.02. The van der Waals surface area contributed by atoms with Gasteiger partial charge in [0.1, 0.15) is 5.82 Å². The predicted octanol–water partition coefficient (Wildman–Crippen LogP) is 5.18. The van der Waals surface area contributed by atoms with E-state index in [4.69, 9.17) is 0 Å². The lowest BCUT2D eigenvalue weighted by atomic mass is 10.0. The molecule has 0 saturated heterocycles. The van der Waals surface area contributed by atoms with Gasteiger partial charge in [-0.3, -0.25) is 4.79 Å². The molecule has 1 nitrogen and oxygen atoms in total. The summed E-state index contributed by atoms with van der Waals surface area (Å²) in [5.41, 5.74) is 1.74. The molecule has 0 aromatic heterocycles. The van der Waals surface area contributed by atoms with Crippen molar-refractivity contribution >= 4 is 33.5 Å². The molecule has 104 valence electrons. The fraction of sp³-hybridized carbons (Fsp3) is 0.188. The Morgan fingerprint density at radius 2 is 1.85 bits per heavy atom. The van der Waals surface area contributed by atoms with Crippen molar-refractivity contribution in [3.8, 4) is 0 Å². The van der Waals surface area contributed by atoms with Crippen molar-refractivity contribution in [3.63, 3.8) is 0 Å². The molecule has 2 aromatic carbocycles. The number of benzene rings is 2. The smallest absolute Gasteiger partial charge is 0.176 e. The zero-order valence-corrected chi connectivity index (χ0v) is 13.6. The molecule has 0 aliphatic rings. The lowest BCUT2D eigenvalue weighted by molar-refractivity contribution is 0.101. The molecule has 20 heavy (non-hydrogen) atoms. The number of aryl methyl sites for hydroxylation is 2. The summed E-state index contributed by atoms with van der Waals surface area (Å²) < 4.78 is 14.9. The molecule has 0 unspecified atom stereocenters. The summed E-state index contributed by atoms with van der Waals surface area (Å²) in [6, 6.07) is 10.9. The maximum atomic E-state index is 13.9. The van der Waals surface area contributed by atoms with Crippen LogP contribution in [0, 0.1) is 19.7 Å². The van der Waals surface area contributed by atoms with Gasteiger partial charge in [0.25, 0.3) is 0 Å². The Bertz CT molecular complexity index is 614. The summed E-state index contributed by atoms with van der Waals surface area (Å²) in [6.07, 6.45) is 0. The van der Waals surface area contributed by atoms with Gasteiger partial charge in [0.05, 0.1) is 11.3 Å². The Balaban J connectivity index is 2.11. The van der Waals surface area contributed by atoms with Crippen molar-refractivity contribution in [1.29, 1.82) is 0 Å². The molecule has 0 amide bonds. The molecule has 0 bridgehead atoms. The molecule has 0 fully saturated rings. The summed E-state index contributed by atoms with van der Waals surface area (Å²) in [4.78, 5) is 13.2. The van der Waals surface area contributed by atoms with Gasteiger partial charge in [-0.2, -0.15) is 0 Å². The number of halogens is 2. The Morgan fingerprint density at radius 3 is 2.45 bits per heavy atom. The Kier molecular flexibility index (Phi) is 5.00. The van der Waals surface area contributed by atoms with E-state index in [1.165, 1.54) is 17.8 Å². The van der Waals surface area contributed by atoms with Crippen molar-refractivity contribution in [3.05, 3.63) is 63.4 Å². The number of carbonyl (C=O) groups is 1. The lowest BCUT2D eigenvalue weighted by Gasteiger charge is -2.08. The Morgan fingerprint density at radius 1 is 1.20 bits per heavy atom. The number of rotatable bonds is 4. The summed E-state index contributed by atoms with van der Waals surface area (Å²) in [5, 5.41) is 0. The molecule has 0 atom stereocenters. The third-order valence-electron chi connectivity index (χ3n) is 2.89. The number of thioether (sulfide) groups is 1. The molecule has 2 aromatic rings. The van der Waals surface area contributed by atoms with Crippen LogP contribution in [-0.2, 0) is 0 Å². The average molecular weight is 353 g/mol. The van der Waals surface area contributed by atoms with Crippen molar-refractivity contribution in [2.24, 2.45) is 0 Å². The molecule has 0 saturated carbocycles. The topological polar surface area (TPSA) is 17.1 Å². The van der Waals surface area contributed by atoms with Gasteiger partial charge in [-0.05, 0) is 55.3 Å². The number of ketones is 1. The van der Waals surface area contributed by atoms with E-state index >= 15 is 0 Å². The maximum absolute atomic E-state index is 13.9. The monoisotopic (exact) mass is 352 g/mol. The molecule has 0 aliphatic carbocycles. The Labute approximate surface area is 130 Å². The molecular formula is C16H14BrFOS. The van der Waals surface area contributed by atoms with Gasteiger partial charge in [-0.1, -0.05) is 22.0 Å². The highest BCUT2D eigenvalue weighted by Crippen LogP contribution is 2.23. The largest absolute Gasteiger partial charge is 0.293 e. The first kappa shape index (κ1) is 15.3. The minimum absolute atomic E-state index is 0.173. The van der Waals surface area contributed by atoms with Gasteiger partial charge in [-0.25, -0.2) is 4.39 Å². The van der Waals surface area contributed by atoms with Crippen LogP contribution in [0.15, 0.2) is 45.8 Å². The Hall–Kier alpha value is -1.13. The summed E-state index contributed by atoms with van der Waals surface area (Å²) in [6.45, 7) is 3.59. The normalized spacial score (nSPS) is 10.6. The first-order valence-corrected chi connectivity index (χ1v) is 7.93. The van der Waals surface area contributed by atoms with E-state index in [2.05, 4.69) is 15.9 Å². The number of hydrogen-bond acceptors (Lipinski definition) is 2. The van der Waals surface area contributed by atoms with E-state index in [9.17, 15) is 9.18 Å². The van der Waals surface area contributed by atoms with Crippen molar-refractivity contribution in [2.45, 2.75) is 18.7 Å². The zero-order valence-electron chi connectivity index (χ0n) is 11.2. The third-order valence-corrected chi connectivity index (χ3v) is 4.43. The highest BCUT2D eigenvalue weighted by Gasteiger charge is 2.15. The highest BCUT2D eigenvalue weighted by molar-refractivity contribution is 9.10. The molecule has 0 N–H and O–H groups in total. The van der Waals surface area contributed by atoms with Crippen LogP contribution in [0.25, 0.3) is 0 Å². The van der Waals surface area contributed by atoms with Gasteiger partial charge >= 0.3 is 0 Å². The molecule has 0 spiro atoms. The van der Waals surface area contributed by atoms with E-state index < -0.39 is 5.82 Å². The van der Waals surface area contributed by atoms with E-state index in [1.807, 2.05) is 37.3 Å². The predicted molar refractivity (Wildman–Crippen MR) is 85.1 cm³/mol. The van der Waals surface area contributed by atoms with E-state index in [0.29, 0.717) is 5.56 Å². The maximum Gasteiger partial charge on any atom is 0.176 e. The van der Waals surface area contributed by atoms with Crippen molar-refractivity contribution in [2.75, 3.05) is 5.75 Å². The molecule has 0 heterocycles. The van der Waals surface area contributed by atoms with Crippen molar-refractivity contribution < 1.29 is 9.18 Å². The second-order valence-corrected chi connectivity index (χ2v) is 6.57. The zero-order chi connectivity index (χ0) is 14.7.